The van der Waals surface area contributed by atoms with Gasteiger partial charge in [-0.15, -0.1) is 0 Å². The Morgan fingerprint density at radius 3 is 2.52 bits per heavy atom. The monoisotopic (exact) mass is 339 g/mol. The number of fused-ring (bicyclic) bond motifs is 1. The van der Waals surface area contributed by atoms with Gasteiger partial charge in [-0.25, -0.2) is 0 Å². The van der Waals surface area contributed by atoms with Gasteiger partial charge in [0.1, 0.15) is 0 Å². The zero-order valence-electron chi connectivity index (χ0n) is 14.5. The summed E-state index contributed by atoms with van der Waals surface area (Å²) in [6, 6.07) is 13.9. The van der Waals surface area contributed by atoms with Crippen LogP contribution in [0.3, 0.4) is 0 Å². The van der Waals surface area contributed by atoms with Crippen molar-refractivity contribution in [1.29, 1.82) is 0 Å². The fraction of sp³-hybridized carbons (Fsp3) is 0.400. The molecule has 0 radical (unpaired) electrons. The second-order valence-corrected chi connectivity index (χ2v) is 6.49. The Balaban J connectivity index is 1.42. The second kappa shape index (κ2) is 8.62. The fourth-order valence-electron chi connectivity index (χ4n) is 3.28. The SMILES string of the molecule is O=C(CNC(=O)Cc1cccc2ccccc12)NCCN1CCCC1. The van der Waals surface area contributed by atoms with Gasteiger partial charge in [-0.2, -0.15) is 0 Å². The van der Waals surface area contributed by atoms with Crippen LogP contribution in [-0.4, -0.2) is 49.4 Å². The van der Waals surface area contributed by atoms with E-state index in [2.05, 4.69) is 15.5 Å². The Kier molecular flexibility index (Phi) is 6.01. The molecule has 132 valence electrons. The first-order chi connectivity index (χ1) is 12.2. The van der Waals surface area contributed by atoms with Gasteiger partial charge >= 0.3 is 0 Å². The maximum atomic E-state index is 12.1. The lowest BCUT2D eigenvalue weighted by Gasteiger charge is -2.14. The number of nitrogens with zero attached hydrogens (tertiary/aromatic N) is 1. The van der Waals surface area contributed by atoms with Gasteiger partial charge in [-0.1, -0.05) is 42.5 Å². The summed E-state index contributed by atoms with van der Waals surface area (Å²) in [5.41, 5.74) is 0.977. The normalized spacial score (nSPS) is 14.6. The van der Waals surface area contributed by atoms with Gasteiger partial charge in [-0.05, 0) is 42.3 Å². The molecule has 1 fully saturated rings. The maximum Gasteiger partial charge on any atom is 0.239 e. The molecule has 2 N–H and O–H groups in total. The standard InChI is InChI=1S/C20H25N3O2/c24-19(14-17-8-5-7-16-6-1-2-9-18(16)17)22-15-20(25)21-10-13-23-11-3-4-12-23/h1-2,5-9H,3-4,10-15H2,(H,21,25)(H,22,24). The summed E-state index contributed by atoms with van der Waals surface area (Å²) in [7, 11) is 0. The third-order valence-electron chi connectivity index (χ3n) is 4.63. The van der Waals surface area contributed by atoms with Crippen LogP contribution in [0, 0.1) is 0 Å². The number of rotatable bonds is 7. The van der Waals surface area contributed by atoms with Crippen molar-refractivity contribution in [3.8, 4) is 0 Å². The zero-order chi connectivity index (χ0) is 17.5. The average Bonchev–Trinajstić information content (AvgIpc) is 3.14. The van der Waals surface area contributed by atoms with Crippen molar-refractivity contribution in [3.05, 3.63) is 48.0 Å². The molecule has 0 spiro atoms. The molecule has 5 heteroatoms. The van der Waals surface area contributed by atoms with E-state index in [9.17, 15) is 9.59 Å². The third kappa shape index (κ3) is 5.03. The molecule has 1 aliphatic heterocycles. The second-order valence-electron chi connectivity index (χ2n) is 6.49. The van der Waals surface area contributed by atoms with Crippen LogP contribution in [-0.2, 0) is 16.0 Å². The smallest absolute Gasteiger partial charge is 0.239 e. The number of hydrogen-bond acceptors (Lipinski definition) is 3. The maximum absolute atomic E-state index is 12.1. The molecule has 0 atom stereocenters. The molecule has 3 rings (SSSR count). The van der Waals surface area contributed by atoms with E-state index in [4.69, 9.17) is 0 Å². The molecule has 1 saturated heterocycles. The fourth-order valence-corrected chi connectivity index (χ4v) is 3.28. The summed E-state index contributed by atoms with van der Waals surface area (Å²) in [6.07, 6.45) is 2.78. The van der Waals surface area contributed by atoms with E-state index in [-0.39, 0.29) is 24.8 Å². The first-order valence-electron chi connectivity index (χ1n) is 8.95. The lowest BCUT2D eigenvalue weighted by atomic mass is 10.0. The van der Waals surface area contributed by atoms with Crippen LogP contribution in [0.5, 0.6) is 0 Å². The number of amides is 2. The van der Waals surface area contributed by atoms with Crippen LogP contribution in [0.15, 0.2) is 42.5 Å². The van der Waals surface area contributed by atoms with E-state index in [1.54, 1.807) is 0 Å². The highest BCUT2D eigenvalue weighted by Crippen LogP contribution is 2.18. The number of carbonyl (C=O) groups is 2. The van der Waals surface area contributed by atoms with Crippen LogP contribution in [0.2, 0.25) is 0 Å². The Labute approximate surface area is 148 Å². The molecule has 0 bridgehead atoms. The lowest BCUT2D eigenvalue weighted by Crippen LogP contribution is -2.40. The summed E-state index contributed by atoms with van der Waals surface area (Å²) < 4.78 is 0. The van der Waals surface area contributed by atoms with Crippen molar-refractivity contribution >= 4 is 22.6 Å². The van der Waals surface area contributed by atoms with Crippen molar-refractivity contribution in [2.24, 2.45) is 0 Å². The average molecular weight is 339 g/mol. The first-order valence-corrected chi connectivity index (χ1v) is 8.95. The van der Waals surface area contributed by atoms with Crippen molar-refractivity contribution in [2.75, 3.05) is 32.7 Å². The summed E-state index contributed by atoms with van der Waals surface area (Å²) in [6.45, 7) is 3.80. The van der Waals surface area contributed by atoms with Gasteiger partial charge in [0.25, 0.3) is 0 Å². The van der Waals surface area contributed by atoms with Gasteiger partial charge in [0, 0.05) is 13.1 Å². The molecular formula is C20H25N3O2. The Hall–Kier alpha value is -2.40. The molecule has 2 aromatic rings. The highest BCUT2D eigenvalue weighted by molar-refractivity contribution is 5.91. The predicted molar refractivity (Wildman–Crippen MR) is 99.3 cm³/mol. The van der Waals surface area contributed by atoms with Crippen molar-refractivity contribution in [1.82, 2.24) is 15.5 Å². The minimum absolute atomic E-state index is 0.0313. The molecule has 0 aromatic heterocycles. The summed E-state index contributed by atoms with van der Waals surface area (Å²) in [5.74, 6) is -0.267. The van der Waals surface area contributed by atoms with E-state index in [0.29, 0.717) is 6.54 Å². The number of hydrogen-bond donors (Lipinski definition) is 2. The molecular weight excluding hydrogens is 314 g/mol. The molecule has 0 aliphatic carbocycles. The van der Waals surface area contributed by atoms with Gasteiger partial charge in [0.2, 0.25) is 11.8 Å². The van der Waals surface area contributed by atoms with E-state index in [1.807, 2.05) is 42.5 Å². The van der Waals surface area contributed by atoms with Gasteiger partial charge in [-0.3, -0.25) is 9.59 Å². The Morgan fingerprint density at radius 1 is 0.920 bits per heavy atom. The molecule has 5 nitrogen and oxygen atoms in total. The molecule has 0 unspecified atom stereocenters. The highest BCUT2D eigenvalue weighted by atomic mass is 16.2. The minimum Gasteiger partial charge on any atom is -0.353 e. The predicted octanol–water partition coefficient (Wildman–Crippen LogP) is 1.71. The molecule has 0 saturated carbocycles. The van der Waals surface area contributed by atoms with Crippen LogP contribution in [0.4, 0.5) is 0 Å². The van der Waals surface area contributed by atoms with Gasteiger partial charge in [0.05, 0.1) is 13.0 Å². The van der Waals surface area contributed by atoms with E-state index in [1.165, 1.54) is 12.8 Å². The van der Waals surface area contributed by atoms with Gasteiger partial charge < -0.3 is 15.5 Å². The van der Waals surface area contributed by atoms with E-state index >= 15 is 0 Å². The summed E-state index contributed by atoms with van der Waals surface area (Å²) in [4.78, 5) is 26.3. The van der Waals surface area contributed by atoms with Crippen LogP contribution < -0.4 is 10.6 Å². The Bertz CT molecular complexity index is 733. The first kappa shape index (κ1) is 17.4. The Morgan fingerprint density at radius 2 is 1.68 bits per heavy atom. The largest absolute Gasteiger partial charge is 0.353 e. The topological polar surface area (TPSA) is 61.4 Å². The molecule has 1 heterocycles. The van der Waals surface area contributed by atoms with Gasteiger partial charge in [0.15, 0.2) is 0 Å². The summed E-state index contributed by atoms with van der Waals surface area (Å²) >= 11 is 0. The van der Waals surface area contributed by atoms with Crippen LogP contribution in [0.1, 0.15) is 18.4 Å². The number of nitrogens with one attached hydrogen (secondary N) is 2. The number of likely N-dealkylation sites (tertiary alicyclic amines) is 1. The number of carbonyl (C=O) groups excluding carboxylic acids is 2. The lowest BCUT2D eigenvalue weighted by molar-refractivity contribution is -0.125. The minimum atomic E-state index is -0.134. The number of benzene rings is 2. The quantitative estimate of drug-likeness (QED) is 0.807. The molecule has 25 heavy (non-hydrogen) atoms. The third-order valence-corrected chi connectivity index (χ3v) is 4.63. The summed E-state index contributed by atoms with van der Waals surface area (Å²) in [5, 5.41) is 7.77. The van der Waals surface area contributed by atoms with Crippen LogP contribution in [0.25, 0.3) is 10.8 Å². The van der Waals surface area contributed by atoms with Crippen molar-refractivity contribution in [2.45, 2.75) is 19.3 Å². The van der Waals surface area contributed by atoms with Crippen molar-refractivity contribution < 1.29 is 9.59 Å². The van der Waals surface area contributed by atoms with Crippen LogP contribution >= 0.6 is 0 Å². The van der Waals surface area contributed by atoms with E-state index in [0.717, 1.165) is 36.0 Å². The van der Waals surface area contributed by atoms with E-state index < -0.39 is 0 Å². The molecule has 2 aromatic carbocycles. The molecule has 2 amide bonds. The molecule has 1 aliphatic rings. The highest BCUT2D eigenvalue weighted by Gasteiger charge is 2.12. The zero-order valence-corrected chi connectivity index (χ0v) is 14.5. The van der Waals surface area contributed by atoms with Crippen molar-refractivity contribution in [3.63, 3.8) is 0 Å².